The van der Waals surface area contributed by atoms with E-state index in [2.05, 4.69) is 4.98 Å². The lowest BCUT2D eigenvalue weighted by atomic mass is 9.85. The van der Waals surface area contributed by atoms with Gasteiger partial charge in [0.1, 0.15) is 5.75 Å². The van der Waals surface area contributed by atoms with Crippen LogP contribution in [0.15, 0.2) is 23.6 Å². The van der Waals surface area contributed by atoms with Crippen molar-refractivity contribution in [3.63, 3.8) is 0 Å². The van der Waals surface area contributed by atoms with Gasteiger partial charge in [-0.2, -0.15) is 0 Å². The first kappa shape index (κ1) is 24.8. The fourth-order valence-electron chi connectivity index (χ4n) is 5.01. The number of amides is 2. The van der Waals surface area contributed by atoms with Gasteiger partial charge in [0.25, 0.3) is 5.91 Å². The molecule has 2 heterocycles. The fourth-order valence-corrected chi connectivity index (χ4v) is 5.99. The summed E-state index contributed by atoms with van der Waals surface area (Å²) >= 11 is 7.66. The highest BCUT2D eigenvalue weighted by Crippen LogP contribution is 2.61. The molecule has 0 bridgehead atoms. The van der Waals surface area contributed by atoms with Crippen LogP contribution in [0.4, 0.5) is 5.13 Å². The van der Waals surface area contributed by atoms with Gasteiger partial charge >= 0.3 is 0 Å². The fraction of sp³-hybridized carbons (Fsp3) is 0.560. The van der Waals surface area contributed by atoms with E-state index in [1.54, 1.807) is 32.3 Å². The summed E-state index contributed by atoms with van der Waals surface area (Å²) in [6.07, 6.45) is 4.24. The Labute approximate surface area is 210 Å². The zero-order valence-corrected chi connectivity index (χ0v) is 21.8. The highest BCUT2D eigenvalue weighted by molar-refractivity contribution is 7.13. The van der Waals surface area contributed by atoms with Gasteiger partial charge in [-0.25, -0.2) is 4.98 Å². The van der Waals surface area contributed by atoms with Gasteiger partial charge in [-0.15, -0.1) is 11.3 Å². The van der Waals surface area contributed by atoms with Crippen molar-refractivity contribution in [2.45, 2.75) is 44.9 Å². The van der Waals surface area contributed by atoms with Crippen LogP contribution in [0.1, 0.15) is 55.6 Å². The van der Waals surface area contributed by atoms with Gasteiger partial charge in [0, 0.05) is 32.6 Å². The molecule has 4 rings (SSSR count). The van der Waals surface area contributed by atoms with Crippen LogP contribution < -0.4 is 10.5 Å². The van der Waals surface area contributed by atoms with Crippen molar-refractivity contribution in [3.05, 3.63) is 39.9 Å². The molecule has 2 amide bonds. The van der Waals surface area contributed by atoms with Gasteiger partial charge in [-0.3, -0.25) is 9.59 Å². The minimum Gasteiger partial charge on any atom is -0.494 e. The Hall–Kier alpha value is -2.32. The summed E-state index contributed by atoms with van der Waals surface area (Å²) in [5.41, 5.74) is 6.68. The number of halogens is 1. The summed E-state index contributed by atoms with van der Waals surface area (Å²) in [7, 11) is 3.40. The molecular formula is C25H33ClN4O3S. The summed E-state index contributed by atoms with van der Waals surface area (Å²) in [6.45, 7) is 6.05. The van der Waals surface area contributed by atoms with E-state index in [0.29, 0.717) is 39.4 Å². The number of carbonyl (C=O) groups excluding carboxylic acids is 2. The van der Waals surface area contributed by atoms with Crippen molar-refractivity contribution in [1.29, 1.82) is 0 Å². The monoisotopic (exact) mass is 504 g/mol. The second-order valence-electron chi connectivity index (χ2n) is 10.2. The summed E-state index contributed by atoms with van der Waals surface area (Å²) < 4.78 is 5.93. The molecule has 2 aliphatic rings. The van der Waals surface area contributed by atoms with E-state index < -0.39 is 5.41 Å². The number of rotatable bonds is 7. The molecule has 184 valence electrons. The Morgan fingerprint density at radius 1 is 1.32 bits per heavy atom. The molecule has 2 aromatic rings. The van der Waals surface area contributed by atoms with E-state index in [1.807, 2.05) is 24.1 Å². The molecule has 1 aliphatic carbocycles. The highest BCUT2D eigenvalue weighted by Gasteiger charge is 2.55. The Balaban J connectivity index is 1.24. The maximum atomic E-state index is 13.2. The average molecular weight is 505 g/mol. The first-order chi connectivity index (χ1) is 16.0. The summed E-state index contributed by atoms with van der Waals surface area (Å²) in [5.74, 6) is 1.31. The molecular weight excluding hydrogens is 472 g/mol. The van der Waals surface area contributed by atoms with Crippen molar-refractivity contribution in [3.8, 4) is 5.75 Å². The van der Waals surface area contributed by atoms with Crippen LogP contribution in [0.5, 0.6) is 5.75 Å². The van der Waals surface area contributed by atoms with E-state index in [4.69, 9.17) is 22.1 Å². The minimum absolute atomic E-state index is 0.125. The zero-order chi connectivity index (χ0) is 24.7. The van der Waals surface area contributed by atoms with Crippen LogP contribution in [0.3, 0.4) is 0 Å². The molecule has 1 aliphatic heterocycles. The van der Waals surface area contributed by atoms with E-state index in [1.165, 1.54) is 22.7 Å². The Morgan fingerprint density at radius 2 is 2.03 bits per heavy atom. The van der Waals surface area contributed by atoms with Crippen molar-refractivity contribution < 1.29 is 14.3 Å². The maximum Gasteiger partial charge on any atom is 0.254 e. The van der Waals surface area contributed by atoms with Gasteiger partial charge in [0.15, 0.2) is 5.13 Å². The van der Waals surface area contributed by atoms with E-state index in [9.17, 15) is 9.59 Å². The maximum absolute atomic E-state index is 13.2. The Kier molecular flexibility index (Phi) is 6.84. The quantitative estimate of drug-likeness (QED) is 0.601. The second kappa shape index (κ2) is 9.38. The Bertz CT molecular complexity index is 1080. The smallest absolute Gasteiger partial charge is 0.254 e. The minimum atomic E-state index is -0.663. The SMILES string of the molecule is CN(C)C(=O)c1ccc(OCCC2CC23CCN(C(=O)C(C)(C)c2csc(N)n2)CC3)cc1Cl. The van der Waals surface area contributed by atoms with Gasteiger partial charge in [-0.1, -0.05) is 11.6 Å². The normalized spacial score (nSPS) is 19.2. The molecule has 1 atom stereocenters. The topological polar surface area (TPSA) is 88.8 Å². The number of hydrogen-bond donors (Lipinski definition) is 1. The van der Waals surface area contributed by atoms with Gasteiger partial charge in [0.2, 0.25) is 5.91 Å². The van der Waals surface area contributed by atoms with Crippen LogP contribution in [0.2, 0.25) is 5.02 Å². The largest absolute Gasteiger partial charge is 0.494 e. The van der Waals surface area contributed by atoms with Crippen LogP contribution >= 0.6 is 22.9 Å². The lowest BCUT2D eigenvalue weighted by Crippen LogP contribution is -2.47. The molecule has 1 saturated heterocycles. The first-order valence-electron chi connectivity index (χ1n) is 11.7. The third kappa shape index (κ3) is 4.89. The molecule has 9 heteroatoms. The zero-order valence-electron chi connectivity index (χ0n) is 20.3. The van der Waals surface area contributed by atoms with Crippen LogP contribution in [0.25, 0.3) is 0 Å². The summed E-state index contributed by atoms with van der Waals surface area (Å²) in [5, 5.41) is 2.78. The van der Waals surface area contributed by atoms with Crippen molar-refractivity contribution in [1.82, 2.24) is 14.8 Å². The third-order valence-electron chi connectivity index (χ3n) is 7.41. The van der Waals surface area contributed by atoms with Crippen molar-refractivity contribution >= 4 is 39.9 Å². The van der Waals surface area contributed by atoms with Crippen LogP contribution in [0, 0.1) is 11.3 Å². The van der Waals surface area contributed by atoms with Gasteiger partial charge in [-0.05, 0) is 69.1 Å². The standard InChI is InChI=1S/C25H33ClN4O3S/c1-24(2,20-15-34-23(27)28-20)22(32)30-10-8-25(9-11-30)14-16(25)7-12-33-17-5-6-18(19(26)13-17)21(31)29(3)4/h5-6,13,15-16H,7-12,14H2,1-4H3,(H2,27,28). The molecule has 7 nitrogen and oxygen atoms in total. The second-order valence-corrected chi connectivity index (χ2v) is 11.5. The van der Waals surface area contributed by atoms with E-state index in [0.717, 1.165) is 38.0 Å². The molecule has 1 spiro atoms. The Morgan fingerprint density at radius 3 is 2.62 bits per heavy atom. The molecule has 2 N–H and O–H groups in total. The predicted molar refractivity (Wildman–Crippen MR) is 135 cm³/mol. The third-order valence-corrected chi connectivity index (χ3v) is 8.40. The number of hydrogen-bond acceptors (Lipinski definition) is 6. The molecule has 1 aromatic heterocycles. The predicted octanol–water partition coefficient (Wildman–Crippen LogP) is 4.46. The molecule has 1 saturated carbocycles. The number of nitrogens with zero attached hydrogens (tertiary/aromatic N) is 3. The average Bonchev–Trinajstić information content (AvgIpc) is 3.24. The van der Waals surface area contributed by atoms with E-state index >= 15 is 0 Å². The lowest BCUT2D eigenvalue weighted by molar-refractivity contribution is -0.138. The molecule has 0 radical (unpaired) electrons. The van der Waals surface area contributed by atoms with Crippen LogP contribution in [-0.4, -0.2) is 60.4 Å². The number of piperidine rings is 1. The number of benzene rings is 1. The number of carbonyl (C=O) groups is 2. The van der Waals surface area contributed by atoms with Crippen molar-refractivity contribution in [2.24, 2.45) is 11.3 Å². The number of aromatic nitrogens is 1. The number of thiazole rings is 1. The number of anilines is 1. The highest BCUT2D eigenvalue weighted by atomic mass is 35.5. The first-order valence-corrected chi connectivity index (χ1v) is 12.9. The molecule has 34 heavy (non-hydrogen) atoms. The number of ether oxygens (including phenoxy) is 1. The number of nitrogen functional groups attached to an aromatic ring is 1. The number of nitrogens with two attached hydrogens (primary N) is 1. The van der Waals surface area contributed by atoms with Crippen LogP contribution in [-0.2, 0) is 10.2 Å². The van der Waals surface area contributed by atoms with Gasteiger partial charge < -0.3 is 20.3 Å². The molecule has 2 fully saturated rings. The lowest BCUT2D eigenvalue weighted by Gasteiger charge is -2.37. The van der Waals surface area contributed by atoms with Crippen molar-refractivity contribution in [2.75, 3.05) is 39.5 Å². The molecule has 1 unspecified atom stereocenters. The van der Waals surface area contributed by atoms with E-state index in [-0.39, 0.29) is 11.8 Å². The number of likely N-dealkylation sites (tertiary alicyclic amines) is 1. The summed E-state index contributed by atoms with van der Waals surface area (Å²) in [6, 6.07) is 5.22. The van der Waals surface area contributed by atoms with Gasteiger partial charge in [0.05, 0.1) is 28.3 Å². The molecule has 1 aromatic carbocycles. The summed E-state index contributed by atoms with van der Waals surface area (Å²) in [4.78, 5) is 33.2.